The van der Waals surface area contributed by atoms with Crippen molar-refractivity contribution in [3.63, 3.8) is 0 Å². The first-order chi connectivity index (χ1) is 9.79. The summed E-state index contributed by atoms with van der Waals surface area (Å²) in [5.41, 5.74) is 0.140. The number of carbonyl (C=O) groups excluding carboxylic acids is 1. The molecule has 1 fully saturated rings. The molecule has 0 radical (unpaired) electrons. The molecule has 116 valence electrons. The van der Waals surface area contributed by atoms with Crippen molar-refractivity contribution < 1.29 is 22.4 Å². The second-order valence-electron chi connectivity index (χ2n) is 5.42. The third-order valence-electron chi connectivity index (χ3n) is 3.97. The first kappa shape index (κ1) is 16.5. The number of alkyl halides is 3. The minimum Gasteiger partial charge on any atom is -0.299 e. The van der Waals surface area contributed by atoms with Crippen molar-refractivity contribution in [2.24, 2.45) is 11.8 Å². The Kier molecular flexibility index (Phi) is 5.07. The van der Waals surface area contributed by atoms with Crippen LogP contribution < -0.4 is 0 Å². The lowest BCUT2D eigenvalue weighted by molar-refractivity contribution is -0.197. The second kappa shape index (κ2) is 6.46. The molecule has 6 heteroatoms. The highest BCUT2D eigenvalue weighted by Crippen LogP contribution is 2.42. The van der Waals surface area contributed by atoms with Gasteiger partial charge in [0.15, 0.2) is 0 Å². The molecule has 1 aromatic rings. The molecule has 1 aliphatic rings. The van der Waals surface area contributed by atoms with E-state index in [1.807, 2.05) is 0 Å². The number of ketones is 1. The smallest absolute Gasteiger partial charge is 0.299 e. The Labute approximate surface area is 128 Å². The van der Waals surface area contributed by atoms with E-state index in [9.17, 15) is 22.4 Å². The van der Waals surface area contributed by atoms with E-state index in [1.165, 1.54) is 18.2 Å². The normalized spacial score (nSPS) is 23.1. The van der Waals surface area contributed by atoms with Gasteiger partial charge in [-0.3, -0.25) is 4.79 Å². The summed E-state index contributed by atoms with van der Waals surface area (Å²) in [6, 6.07) is 4.13. The predicted octanol–water partition coefficient (Wildman–Crippen LogP) is 5.07. The average Bonchev–Trinajstić information content (AvgIpc) is 2.42. The quantitative estimate of drug-likeness (QED) is 0.682. The molecular weight excluding hydrogens is 352 g/mol. The van der Waals surface area contributed by atoms with Crippen molar-refractivity contribution in [3.8, 4) is 0 Å². The van der Waals surface area contributed by atoms with Crippen molar-refractivity contribution in [1.82, 2.24) is 0 Å². The molecule has 1 aliphatic carbocycles. The second-order valence-corrected chi connectivity index (χ2v) is 6.33. The Morgan fingerprint density at radius 3 is 2.57 bits per heavy atom. The number of carbonyl (C=O) groups is 1. The van der Waals surface area contributed by atoms with Crippen LogP contribution >= 0.6 is 15.9 Å². The third-order valence-corrected chi connectivity index (χ3v) is 4.47. The van der Waals surface area contributed by atoms with Gasteiger partial charge in [-0.1, -0.05) is 28.8 Å². The van der Waals surface area contributed by atoms with Crippen LogP contribution in [0.4, 0.5) is 17.6 Å². The standard InChI is InChI=1S/C15H15BrF4O/c16-10-5-6-13(17)9(7-10)8-14(21)11-3-1-2-4-12(11)15(18,19)20/h5-7,11-12H,1-4,8H2. The lowest BCUT2D eigenvalue weighted by Gasteiger charge is -2.32. The van der Waals surface area contributed by atoms with Crippen molar-refractivity contribution in [2.75, 3.05) is 0 Å². The van der Waals surface area contributed by atoms with E-state index in [0.29, 0.717) is 17.3 Å². The van der Waals surface area contributed by atoms with Crippen LogP contribution in [0.1, 0.15) is 31.2 Å². The maximum absolute atomic E-state index is 13.6. The topological polar surface area (TPSA) is 17.1 Å². The Bertz CT molecular complexity index is 527. The predicted molar refractivity (Wildman–Crippen MR) is 74.3 cm³/mol. The first-order valence-electron chi connectivity index (χ1n) is 6.82. The molecule has 0 amide bonds. The Hall–Kier alpha value is -0.910. The Morgan fingerprint density at radius 1 is 1.24 bits per heavy atom. The molecule has 2 atom stereocenters. The molecule has 0 N–H and O–H groups in total. The lowest BCUT2D eigenvalue weighted by atomic mass is 9.75. The van der Waals surface area contributed by atoms with E-state index in [2.05, 4.69) is 15.9 Å². The van der Waals surface area contributed by atoms with Gasteiger partial charge >= 0.3 is 6.18 Å². The van der Waals surface area contributed by atoms with Gasteiger partial charge in [0.1, 0.15) is 11.6 Å². The SMILES string of the molecule is O=C(Cc1cc(Br)ccc1F)C1CCCCC1C(F)(F)F. The highest BCUT2D eigenvalue weighted by Gasteiger charge is 2.47. The van der Waals surface area contributed by atoms with Gasteiger partial charge in [0.05, 0.1) is 5.92 Å². The Morgan fingerprint density at radius 2 is 1.90 bits per heavy atom. The molecule has 0 heterocycles. The van der Waals surface area contributed by atoms with Crippen LogP contribution in [0.2, 0.25) is 0 Å². The first-order valence-corrected chi connectivity index (χ1v) is 7.61. The minimum atomic E-state index is -4.36. The van der Waals surface area contributed by atoms with Gasteiger partial charge in [-0.05, 0) is 36.6 Å². The van der Waals surface area contributed by atoms with Crippen LogP contribution in [0.5, 0.6) is 0 Å². The van der Waals surface area contributed by atoms with E-state index >= 15 is 0 Å². The summed E-state index contributed by atoms with van der Waals surface area (Å²) in [7, 11) is 0. The van der Waals surface area contributed by atoms with E-state index in [-0.39, 0.29) is 24.8 Å². The fourth-order valence-corrected chi connectivity index (χ4v) is 3.31. The van der Waals surface area contributed by atoms with Gasteiger partial charge in [-0.25, -0.2) is 4.39 Å². The van der Waals surface area contributed by atoms with Gasteiger partial charge in [-0.15, -0.1) is 0 Å². The number of benzene rings is 1. The summed E-state index contributed by atoms with van der Waals surface area (Å²) in [6.07, 6.45) is -3.33. The van der Waals surface area contributed by atoms with Gasteiger partial charge < -0.3 is 0 Å². The van der Waals surface area contributed by atoms with Crippen LogP contribution in [-0.2, 0) is 11.2 Å². The van der Waals surface area contributed by atoms with E-state index in [4.69, 9.17) is 0 Å². The zero-order valence-corrected chi connectivity index (χ0v) is 12.8. The average molecular weight is 367 g/mol. The van der Waals surface area contributed by atoms with Crippen molar-refractivity contribution in [1.29, 1.82) is 0 Å². The van der Waals surface area contributed by atoms with E-state index in [1.54, 1.807) is 0 Å². The van der Waals surface area contributed by atoms with Crippen molar-refractivity contribution >= 4 is 21.7 Å². The number of hydrogen-bond donors (Lipinski definition) is 0. The summed E-state index contributed by atoms with van der Waals surface area (Å²) in [5.74, 6) is -3.72. The monoisotopic (exact) mass is 366 g/mol. The summed E-state index contributed by atoms with van der Waals surface area (Å²) in [5, 5.41) is 0. The summed E-state index contributed by atoms with van der Waals surface area (Å²) >= 11 is 3.17. The number of rotatable bonds is 3. The molecule has 2 unspecified atom stereocenters. The maximum atomic E-state index is 13.6. The number of hydrogen-bond acceptors (Lipinski definition) is 1. The van der Waals surface area contributed by atoms with Crippen molar-refractivity contribution in [2.45, 2.75) is 38.3 Å². The minimum absolute atomic E-state index is 0.0130. The molecule has 0 aliphatic heterocycles. The fourth-order valence-electron chi connectivity index (χ4n) is 2.91. The van der Waals surface area contributed by atoms with E-state index in [0.717, 1.165) is 0 Å². The highest BCUT2D eigenvalue weighted by atomic mass is 79.9. The van der Waals surface area contributed by atoms with Crippen LogP contribution in [0, 0.1) is 17.7 Å². The summed E-state index contributed by atoms with van der Waals surface area (Å²) in [6.45, 7) is 0. The third kappa shape index (κ3) is 4.05. The maximum Gasteiger partial charge on any atom is 0.392 e. The van der Waals surface area contributed by atoms with Crippen molar-refractivity contribution in [3.05, 3.63) is 34.1 Å². The molecule has 0 bridgehead atoms. The van der Waals surface area contributed by atoms with Gasteiger partial charge in [0.25, 0.3) is 0 Å². The van der Waals surface area contributed by atoms with Gasteiger partial charge in [0, 0.05) is 16.8 Å². The molecule has 21 heavy (non-hydrogen) atoms. The van der Waals surface area contributed by atoms with Crippen LogP contribution in [0.3, 0.4) is 0 Å². The molecule has 0 aromatic heterocycles. The van der Waals surface area contributed by atoms with E-state index < -0.39 is 29.6 Å². The van der Waals surface area contributed by atoms with Gasteiger partial charge in [0.2, 0.25) is 0 Å². The molecule has 0 spiro atoms. The van der Waals surface area contributed by atoms with Crippen LogP contribution in [-0.4, -0.2) is 12.0 Å². The molecule has 0 saturated heterocycles. The largest absolute Gasteiger partial charge is 0.392 e. The molecule has 1 nitrogen and oxygen atoms in total. The summed E-state index contributed by atoms with van der Waals surface area (Å²) < 4.78 is 53.2. The van der Waals surface area contributed by atoms with Crippen LogP contribution in [0.25, 0.3) is 0 Å². The van der Waals surface area contributed by atoms with Gasteiger partial charge in [-0.2, -0.15) is 13.2 Å². The lowest BCUT2D eigenvalue weighted by Crippen LogP contribution is -2.38. The summed E-state index contributed by atoms with van der Waals surface area (Å²) in [4.78, 5) is 12.2. The Balaban J connectivity index is 2.16. The fraction of sp³-hybridized carbons (Fsp3) is 0.533. The zero-order valence-electron chi connectivity index (χ0n) is 11.2. The highest BCUT2D eigenvalue weighted by molar-refractivity contribution is 9.10. The number of halogens is 5. The molecule has 2 rings (SSSR count). The van der Waals surface area contributed by atoms with Crippen LogP contribution in [0.15, 0.2) is 22.7 Å². The number of Topliss-reactive ketones (excluding diaryl/α,β-unsaturated/α-hetero) is 1. The molecule has 1 aromatic carbocycles. The zero-order chi connectivity index (χ0) is 15.6. The molecular formula is C15H15BrF4O. The molecule has 1 saturated carbocycles.